The second-order valence-corrected chi connectivity index (χ2v) is 6.13. The molecule has 3 aromatic rings. The number of nitrogens with zero attached hydrogens (tertiary/aromatic N) is 1. The molecule has 0 unspecified atom stereocenters. The second-order valence-electron chi connectivity index (χ2n) is 6.13. The lowest BCUT2D eigenvalue weighted by molar-refractivity contribution is 0.102. The molecule has 2 N–H and O–H groups in total. The number of aromatic amines is 1. The lowest BCUT2D eigenvalue weighted by atomic mass is 10.0. The number of anilines is 1. The standard InChI is InChI=1S/C20H21N3O2/c1-12-8-13(2)19(14(3)9-12)21-20(24)18-11-17(22-23-18)15-6-5-7-16(10-15)25-4/h5-11H,1-4H3,(H,21,24)(H,22,23). The molecule has 0 fully saturated rings. The number of carbonyl (C=O) groups is 1. The molecule has 0 spiro atoms. The first kappa shape index (κ1) is 16.8. The zero-order valence-corrected chi connectivity index (χ0v) is 14.8. The van der Waals surface area contributed by atoms with Crippen molar-refractivity contribution in [2.45, 2.75) is 20.8 Å². The third-order valence-electron chi connectivity index (χ3n) is 4.10. The van der Waals surface area contributed by atoms with Gasteiger partial charge < -0.3 is 10.1 Å². The van der Waals surface area contributed by atoms with Crippen molar-refractivity contribution in [3.63, 3.8) is 0 Å². The zero-order chi connectivity index (χ0) is 18.0. The summed E-state index contributed by atoms with van der Waals surface area (Å²) in [6.07, 6.45) is 0. The molecule has 1 aromatic heterocycles. The highest BCUT2D eigenvalue weighted by Gasteiger charge is 2.14. The Balaban J connectivity index is 1.84. The normalized spacial score (nSPS) is 10.6. The first-order valence-corrected chi connectivity index (χ1v) is 8.07. The van der Waals surface area contributed by atoms with E-state index < -0.39 is 0 Å². The lowest BCUT2D eigenvalue weighted by Crippen LogP contribution is -2.14. The first-order chi connectivity index (χ1) is 12.0. The number of hydrogen-bond acceptors (Lipinski definition) is 3. The molecule has 0 aliphatic carbocycles. The summed E-state index contributed by atoms with van der Waals surface area (Å²) in [6, 6.07) is 13.4. The maximum Gasteiger partial charge on any atom is 0.273 e. The molecule has 0 radical (unpaired) electrons. The van der Waals surface area contributed by atoms with Crippen LogP contribution in [0.5, 0.6) is 5.75 Å². The molecule has 3 rings (SSSR count). The number of ether oxygens (including phenoxy) is 1. The molecule has 5 heteroatoms. The minimum Gasteiger partial charge on any atom is -0.497 e. The van der Waals surface area contributed by atoms with Crippen molar-refractivity contribution in [3.05, 3.63) is 64.8 Å². The summed E-state index contributed by atoms with van der Waals surface area (Å²) in [6.45, 7) is 6.02. The van der Waals surface area contributed by atoms with Gasteiger partial charge in [-0.1, -0.05) is 29.8 Å². The number of methoxy groups -OCH3 is 1. The van der Waals surface area contributed by atoms with Crippen molar-refractivity contribution in [1.29, 1.82) is 0 Å². The fourth-order valence-corrected chi connectivity index (χ4v) is 2.93. The Morgan fingerprint density at radius 1 is 1.08 bits per heavy atom. The number of hydrogen-bond donors (Lipinski definition) is 2. The minimum atomic E-state index is -0.211. The molecule has 0 aliphatic rings. The fraction of sp³-hybridized carbons (Fsp3) is 0.200. The van der Waals surface area contributed by atoms with Crippen LogP contribution in [0, 0.1) is 20.8 Å². The highest BCUT2D eigenvalue weighted by atomic mass is 16.5. The van der Waals surface area contributed by atoms with Gasteiger partial charge in [0, 0.05) is 11.3 Å². The van der Waals surface area contributed by atoms with Gasteiger partial charge in [0.15, 0.2) is 0 Å². The maximum atomic E-state index is 12.6. The van der Waals surface area contributed by atoms with E-state index in [0.29, 0.717) is 11.4 Å². The van der Waals surface area contributed by atoms with Gasteiger partial charge in [0.2, 0.25) is 0 Å². The van der Waals surface area contributed by atoms with Crippen LogP contribution in [0.2, 0.25) is 0 Å². The van der Waals surface area contributed by atoms with E-state index in [-0.39, 0.29) is 5.91 Å². The molecule has 25 heavy (non-hydrogen) atoms. The van der Waals surface area contributed by atoms with E-state index in [1.807, 2.05) is 45.0 Å². The number of nitrogens with one attached hydrogen (secondary N) is 2. The number of rotatable bonds is 4. The molecule has 5 nitrogen and oxygen atoms in total. The van der Waals surface area contributed by atoms with E-state index in [1.54, 1.807) is 13.2 Å². The third kappa shape index (κ3) is 3.55. The molecule has 0 atom stereocenters. The van der Waals surface area contributed by atoms with Gasteiger partial charge in [-0.15, -0.1) is 0 Å². The third-order valence-corrected chi connectivity index (χ3v) is 4.10. The molecule has 0 bridgehead atoms. The highest BCUT2D eigenvalue weighted by Crippen LogP contribution is 2.25. The second kappa shape index (κ2) is 6.81. The van der Waals surface area contributed by atoms with E-state index in [1.165, 1.54) is 5.56 Å². The van der Waals surface area contributed by atoms with Crippen LogP contribution in [0.1, 0.15) is 27.2 Å². The monoisotopic (exact) mass is 335 g/mol. The van der Waals surface area contributed by atoms with Crippen LogP contribution in [-0.2, 0) is 0 Å². The topological polar surface area (TPSA) is 67.0 Å². The van der Waals surface area contributed by atoms with Gasteiger partial charge in [-0.2, -0.15) is 5.10 Å². The summed E-state index contributed by atoms with van der Waals surface area (Å²) >= 11 is 0. The minimum absolute atomic E-state index is 0.211. The van der Waals surface area contributed by atoms with Crippen molar-refractivity contribution in [1.82, 2.24) is 10.2 Å². The van der Waals surface area contributed by atoms with Crippen LogP contribution >= 0.6 is 0 Å². The maximum absolute atomic E-state index is 12.6. The van der Waals surface area contributed by atoms with Gasteiger partial charge in [0.25, 0.3) is 5.91 Å². The summed E-state index contributed by atoms with van der Waals surface area (Å²) in [5, 5.41) is 10.0. The molecule has 128 valence electrons. The van der Waals surface area contributed by atoms with Crippen LogP contribution in [0.3, 0.4) is 0 Å². The predicted molar refractivity (Wildman–Crippen MR) is 99.2 cm³/mol. The SMILES string of the molecule is COc1cccc(-c2cc(C(=O)Nc3c(C)cc(C)cc3C)[nH]n2)c1. The molecule has 0 aliphatic heterocycles. The summed E-state index contributed by atoms with van der Waals surface area (Å²) in [5.74, 6) is 0.536. The largest absolute Gasteiger partial charge is 0.497 e. The molecule has 0 saturated heterocycles. The Morgan fingerprint density at radius 2 is 1.80 bits per heavy atom. The van der Waals surface area contributed by atoms with Crippen LogP contribution < -0.4 is 10.1 Å². The van der Waals surface area contributed by atoms with Gasteiger partial charge in [-0.3, -0.25) is 9.89 Å². The molecule has 1 amide bonds. The van der Waals surface area contributed by atoms with E-state index in [4.69, 9.17) is 4.74 Å². The Bertz CT molecular complexity index is 905. The van der Waals surface area contributed by atoms with E-state index >= 15 is 0 Å². The average Bonchev–Trinajstić information content (AvgIpc) is 3.08. The Kier molecular flexibility index (Phi) is 4.57. The van der Waals surface area contributed by atoms with Crippen molar-refractivity contribution in [2.75, 3.05) is 12.4 Å². The first-order valence-electron chi connectivity index (χ1n) is 8.07. The van der Waals surface area contributed by atoms with Crippen LogP contribution in [-0.4, -0.2) is 23.2 Å². The summed E-state index contributed by atoms with van der Waals surface area (Å²) in [4.78, 5) is 12.6. The van der Waals surface area contributed by atoms with Gasteiger partial charge in [0.1, 0.15) is 11.4 Å². The average molecular weight is 335 g/mol. The van der Waals surface area contributed by atoms with Crippen molar-refractivity contribution in [2.24, 2.45) is 0 Å². The highest BCUT2D eigenvalue weighted by molar-refractivity contribution is 6.04. The fourth-order valence-electron chi connectivity index (χ4n) is 2.93. The summed E-state index contributed by atoms with van der Waals surface area (Å²) in [7, 11) is 1.62. The van der Waals surface area contributed by atoms with Gasteiger partial charge in [-0.25, -0.2) is 0 Å². The summed E-state index contributed by atoms with van der Waals surface area (Å²) in [5.41, 5.74) is 6.09. The van der Waals surface area contributed by atoms with Crippen molar-refractivity contribution in [3.8, 4) is 17.0 Å². The summed E-state index contributed by atoms with van der Waals surface area (Å²) < 4.78 is 5.23. The zero-order valence-electron chi connectivity index (χ0n) is 14.8. The van der Waals surface area contributed by atoms with Gasteiger partial charge >= 0.3 is 0 Å². The number of amides is 1. The number of H-pyrrole nitrogens is 1. The molecular formula is C20H21N3O2. The molecule has 1 heterocycles. The quantitative estimate of drug-likeness (QED) is 0.748. The Morgan fingerprint density at radius 3 is 2.48 bits per heavy atom. The number of aryl methyl sites for hydroxylation is 3. The number of benzene rings is 2. The van der Waals surface area contributed by atoms with Crippen LogP contribution in [0.4, 0.5) is 5.69 Å². The molecule has 0 saturated carbocycles. The Labute approximate surface area is 147 Å². The van der Waals surface area contributed by atoms with Gasteiger partial charge in [0.05, 0.1) is 12.8 Å². The van der Waals surface area contributed by atoms with Crippen LogP contribution in [0.25, 0.3) is 11.3 Å². The number of aromatic nitrogens is 2. The van der Waals surface area contributed by atoms with E-state index in [9.17, 15) is 4.79 Å². The molecular weight excluding hydrogens is 314 g/mol. The smallest absolute Gasteiger partial charge is 0.273 e. The van der Waals surface area contributed by atoms with Crippen molar-refractivity contribution < 1.29 is 9.53 Å². The predicted octanol–water partition coefficient (Wildman–Crippen LogP) is 4.26. The van der Waals surface area contributed by atoms with Gasteiger partial charge in [-0.05, 0) is 50.1 Å². The van der Waals surface area contributed by atoms with Crippen LogP contribution in [0.15, 0.2) is 42.5 Å². The Hall–Kier alpha value is -3.08. The lowest BCUT2D eigenvalue weighted by Gasteiger charge is -2.12. The number of carbonyl (C=O) groups excluding carboxylic acids is 1. The molecule has 2 aromatic carbocycles. The van der Waals surface area contributed by atoms with Crippen molar-refractivity contribution >= 4 is 11.6 Å². The van der Waals surface area contributed by atoms with E-state index in [2.05, 4.69) is 27.6 Å². The van der Waals surface area contributed by atoms with E-state index in [0.717, 1.165) is 28.1 Å².